The number of amides is 2. The van der Waals surface area contributed by atoms with Gasteiger partial charge in [0.25, 0.3) is 5.56 Å². The molecule has 10 heteroatoms. The molecule has 180 valence electrons. The molecule has 1 saturated heterocycles. The van der Waals surface area contributed by atoms with Crippen molar-refractivity contribution in [3.8, 4) is 10.6 Å². The molecule has 1 aliphatic rings. The summed E-state index contributed by atoms with van der Waals surface area (Å²) in [6.45, 7) is 7.05. The average molecular weight is 493 g/mol. The number of anilines is 1. The van der Waals surface area contributed by atoms with E-state index in [0.717, 1.165) is 22.4 Å². The van der Waals surface area contributed by atoms with E-state index in [0.29, 0.717) is 48.4 Å². The maximum absolute atomic E-state index is 13.2. The predicted molar refractivity (Wildman–Crippen MR) is 134 cm³/mol. The van der Waals surface area contributed by atoms with E-state index in [1.165, 1.54) is 34.1 Å². The number of benzene rings is 2. The van der Waals surface area contributed by atoms with Crippen molar-refractivity contribution in [3.05, 3.63) is 81.5 Å². The van der Waals surface area contributed by atoms with Crippen LogP contribution in [-0.2, 0) is 6.54 Å². The zero-order chi connectivity index (χ0) is 24.5. The van der Waals surface area contributed by atoms with Gasteiger partial charge in [-0.3, -0.25) is 9.69 Å². The molecule has 0 saturated carbocycles. The van der Waals surface area contributed by atoms with Crippen molar-refractivity contribution < 1.29 is 9.18 Å². The van der Waals surface area contributed by atoms with Crippen LogP contribution in [0.2, 0.25) is 0 Å². The largest absolute Gasteiger partial charge is 0.322 e. The fourth-order valence-corrected chi connectivity index (χ4v) is 4.98. The Morgan fingerprint density at radius 3 is 2.54 bits per heavy atom. The second-order valence-corrected chi connectivity index (χ2v) is 9.66. The van der Waals surface area contributed by atoms with Gasteiger partial charge in [0.2, 0.25) is 4.96 Å². The molecule has 1 aliphatic heterocycles. The van der Waals surface area contributed by atoms with Gasteiger partial charge in [0.1, 0.15) is 10.8 Å². The lowest BCUT2D eigenvalue weighted by atomic mass is 10.1. The number of nitrogens with one attached hydrogen (secondary N) is 1. The Morgan fingerprint density at radius 2 is 1.80 bits per heavy atom. The van der Waals surface area contributed by atoms with E-state index >= 15 is 0 Å². The maximum Gasteiger partial charge on any atom is 0.321 e. The van der Waals surface area contributed by atoms with Gasteiger partial charge in [-0.2, -0.15) is 9.61 Å². The van der Waals surface area contributed by atoms with Crippen LogP contribution < -0.4 is 10.9 Å². The molecule has 8 nitrogen and oxygen atoms in total. The number of nitrogens with zero attached hydrogens (tertiary/aromatic N) is 5. The molecule has 0 atom stereocenters. The van der Waals surface area contributed by atoms with Crippen molar-refractivity contribution in [2.24, 2.45) is 0 Å². The standard InChI is InChI=1S/C25H25FN6O2S/c1-16-3-4-17(2)21(13-16)28-24(34)31-11-9-30(10-12-31)15-20-14-22(33)32-25(27-20)35-23(29-32)18-5-7-19(26)8-6-18/h3-8,13-14H,9-12,15H2,1-2H3,(H,28,34). The van der Waals surface area contributed by atoms with E-state index in [1.807, 2.05) is 36.9 Å². The van der Waals surface area contributed by atoms with Crippen LogP contribution in [0.5, 0.6) is 0 Å². The van der Waals surface area contributed by atoms with Crippen molar-refractivity contribution in [2.75, 3.05) is 31.5 Å². The average Bonchev–Trinajstić information content (AvgIpc) is 3.27. The summed E-state index contributed by atoms with van der Waals surface area (Å²) in [5, 5.41) is 7.97. The topological polar surface area (TPSA) is 82.8 Å². The third-order valence-corrected chi connectivity index (χ3v) is 7.03. The monoisotopic (exact) mass is 492 g/mol. The van der Waals surface area contributed by atoms with Crippen LogP contribution in [0, 0.1) is 19.7 Å². The number of hydrogen-bond acceptors (Lipinski definition) is 6. The Kier molecular flexibility index (Phi) is 6.31. The molecule has 2 aromatic heterocycles. The fourth-order valence-electron chi connectivity index (χ4n) is 4.05. The number of piperazine rings is 1. The van der Waals surface area contributed by atoms with Crippen LogP contribution in [0.1, 0.15) is 16.8 Å². The Bertz CT molecular complexity index is 1440. The van der Waals surface area contributed by atoms with E-state index < -0.39 is 0 Å². The van der Waals surface area contributed by atoms with Crippen LogP contribution in [0.25, 0.3) is 15.5 Å². The Balaban J connectivity index is 1.23. The number of aryl methyl sites for hydroxylation is 2. The van der Waals surface area contributed by atoms with Gasteiger partial charge in [-0.25, -0.2) is 14.2 Å². The molecule has 1 fully saturated rings. The van der Waals surface area contributed by atoms with E-state index in [-0.39, 0.29) is 17.4 Å². The summed E-state index contributed by atoms with van der Waals surface area (Å²) in [4.78, 5) is 34.5. The molecule has 0 bridgehead atoms. The number of carbonyl (C=O) groups is 1. The summed E-state index contributed by atoms with van der Waals surface area (Å²) in [6.07, 6.45) is 0. The van der Waals surface area contributed by atoms with Crippen LogP contribution in [0.3, 0.4) is 0 Å². The van der Waals surface area contributed by atoms with Crippen molar-refractivity contribution in [2.45, 2.75) is 20.4 Å². The number of hydrogen-bond donors (Lipinski definition) is 1. The van der Waals surface area contributed by atoms with E-state index in [4.69, 9.17) is 0 Å². The van der Waals surface area contributed by atoms with E-state index in [2.05, 4.69) is 20.3 Å². The predicted octanol–water partition coefficient (Wildman–Crippen LogP) is 3.92. The van der Waals surface area contributed by atoms with E-state index in [1.54, 1.807) is 12.1 Å². The van der Waals surface area contributed by atoms with Gasteiger partial charge in [0.15, 0.2) is 0 Å². The summed E-state index contributed by atoms with van der Waals surface area (Å²) in [5.74, 6) is -0.324. The third-order valence-electron chi connectivity index (χ3n) is 6.07. The third kappa shape index (κ3) is 5.08. The van der Waals surface area contributed by atoms with Gasteiger partial charge >= 0.3 is 6.03 Å². The molecule has 3 heterocycles. The summed E-state index contributed by atoms with van der Waals surface area (Å²) in [5.41, 5.74) is 4.11. The van der Waals surface area contributed by atoms with Gasteiger partial charge in [-0.15, -0.1) is 0 Å². The van der Waals surface area contributed by atoms with Crippen LogP contribution in [-0.4, -0.2) is 56.6 Å². The smallest absolute Gasteiger partial charge is 0.321 e. The molecule has 1 N–H and O–H groups in total. The van der Waals surface area contributed by atoms with Gasteiger partial charge < -0.3 is 10.2 Å². The molecule has 0 spiro atoms. The lowest BCUT2D eigenvalue weighted by Crippen LogP contribution is -2.49. The Hall–Kier alpha value is -3.63. The van der Waals surface area contributed by atoms with Crippen LogP contribution >= 0.6 is 11.3 Å². The first-order valence-electron chi connectivity index (χ1n) is 11.4. The van der Waals surface area contributed by atoms with Crippen molar-refractivity contribution in [1.29, 1.82) is 0 Å². The van der Waals surface area contributed by atoms with Gasteiger partial charge in [-0.1, -0.05) is 23.5 Å². The van der Waals surface area contributed by atoms with Crippen LogP contribution in [0.4, 0.5) is 14.9 Å². The number of carbonyl (C=O) groups excluding carboxylic acids is 1. The first-order valence-corrected chi connectivity index (χ1v) is 12.2. The molecule has 5 rings (SSSR count). The zero-order valence-corrected chi connectivity index (χ0v) is 20.3. The highest BCUT2D eigenvalue weighted by molar-refractivity contribution is 7.19. The molecular weight excluding hydrogens is 467 g/mol. The number of fused-ring (bicyclic) bond motifs is 1. The normalized spacial score (nSPS) is 14.4. The Morgan fingerprint density at radius 1 is 1.06 bits per heavy atom. The summed E-state index contributed by atoms with van der Waals surface area (Å²) in [7, 11) is 0. The molecule has 0 aliphatic carbocycles. The second-order valence-electron chi connectivity index (χ2n) is 8.71. The number of halogens is 1. The van der Waals surface area contributed by atoms with Gasteiger partial charge in [0, 0.05) is 50.0 Å². The molecule has 2 amide bonds. The minimum absolute atomic E-state index is 0.103. The Labute approximate surface area is 205 Å². The van der Waals surface area contributed by atoms with Gasteiger partial charge in [0.05, 0.1) is 5.69 Å². The first kappa shape index (κ1) is 23.1. The minimum Gasteiger partial charge on any atom is -0.322 e. The molecule has 35 heavy (non-hydrogen) atoms. The number of rotatable bonds is 4. The zero-order valence-electron chi connectivity index (χ0n) is 19.5. The van der Waals surface area contributed by atoms with Crippen molar-refractivity contribution >= 4 is 28.0 Å². The summed E-state index contributed by atoms with van der Waals surface area (Å²) in [6, 6.07) is 13.4. The molecule has 4 aromatic rings. The SMILES string of the molecule is Cc1ccc(C)c(NC(=O)N2CCN(Cc3cc(=O)n4nc(-c5ccc(F)cc5)sc4n3)CC2)c1. The quantitative estimate of drug-likeness (QED) is 0.467. The van der Waals surface area contributed by atoms with Crippen molar-refractivity contribution in [3.63, 3.8) is 0 Å². The molecule has 2 aromatic carbocycles. The highest BCUT2D eigenvalue weighted by atomic mass is 32.1. The minimum atomic E-state index is -0.324. The highest BCUT2D eigenvalue weighted by Crippen LogP contribution is 2.24. The molecular formula is C25H25FN6O2S. The summed E-state index contributed by atoms with van der Waals surface area (Å²) < 4.78 is 14.5. The lowest BCUT2D eigenvalue weighted by Gasteiger charge is -2.34. The molecule has 0 unspecified atom stereocenters. The highest BCUT2D eigenvalue weighted by Gasteiger charge is 2.22. The maximum atomic E-state index is 13.2. The summed E-state index contributed by atoms with van der Waals surface area (Å²) >= 11 is 1.29. The van der Waals surface area contributed by atoms with E-state index in [9.17, 15) is 14.0 Å². The fraction of sp³-hybridized carbons (Fsp3) is 0.280. The number of urea groups is 1. The first-order chi connectivity index (χ1) is 16.9. The lowest BCUT2D eigenvalue weighted by molar-refractivity contribution is 0.142. The van der Waals surface area contributed by atoms with Gasteiger partial charge in [-0.05, 0) is 55.3 Å². The molecule has 0 radical (unpaired) electrons. The van der Waals surface area contributed by atoms with Crippen LogP contribution in [0.15, 0.2) is 53.3 Å². The number of aromatic nitrogens is 3. The second kappa shape index (κ2) is 9.55. The van der Waals surface area contributed by atoms with Crippen molar-refractivity contribution in [1.82, 2.24) is 24.4 Å².